The Morgan fingerprint density at radius 3 is 2.82 bits per heavy atom. The first-order valence-corrected chi connectivity index (χ1v) is 10.9. The van der Waals surface area contributed by atoms with Gasteiger partial charge < -0.3 is 20.5 Å². The second kappa shape index (κ2) is 10.5. The van der Waals surface area contributed by atoms with Crippen LogP contribution in [0.25, 0.3) is 10.9 Å². The Hall–Kier alpha value is -2.61. The summed E-state index contributed by atoms with van der Waals surface area (Å²) < 4.78 is 1.82. The number of pyridine rings is 2. The van der Waals surface area contributed by atoms with E-state index in [9.17, 15) is 9.59 Å². The summed E-state index contributed by atoms with van der Waals surface area (Å²) >= 11 is 0. The molecule has 1 saturated heterocycles. The molecule has 5 rings (SSSR count). The Balaban J connectivity index is 0.00000153. The minimum absolute atomic E-state index is 0. The van der Waals surface area contributed by atoms with Gasteiger partial charge in [-0.05, 0) is 50.1 Å². The Bertz CT molecular complexity index is 1210. The zero-order valence-electron chi connectivity index (χ0n) is 18.5. The zero-order chi connectivity index (χ0) is 21.4. The van der Waals surface area contributed by atoms with Crippen molar-refractivity contribution in [3.05, 3.63) is 69.8 Å². The number of halogens is 2. The monoisotopic (exact) mass is 489 g/mol. The van der Waals surface area contributed by atoms with Gasteiger partial charge in [0.1, 0.15) is 5.56 Å². The molecule has 0 unspecified atom stereocenters. The molecule has 1 fully saturated rings. The minimum atomic E-state index is -0.313. The van der Waals surface area contributed by atoms with Crippen molar-refractivity contribution in [2.45, 2.75) is 25.8 Å². The molecule has 0 radical (unpaired) electrons. The molecule has 0 aliphatic carbocycles. The average Bonchev–Trinajstić information content (AvgIpc) is 2.77. The number of carbonyl (C=O) groups is 1. The van der Waals surface area contributed by atoms with Crippen molar-refractivity contribution in [2.24, 2.45) is 5.92 Å². The van der Waals surface area contributed by atoms with Crippen LogP contribution in [0, 0.1) is 12.8 Å². The van der Waals surface area contributed by atoms with Crippen molar-refractivity contribution in [1.29, 1.82) is 0 Å². The number of hydrogen-bond donors (Lipinski definition) is 3. The molecule has 2 aromatic heterocycles. The molecule has 3 aromatic rings. The van der Waals surface area contributed by atoms with Crippen molar-refractivity contribution in [3.63, 3.8) is 0 Å². The number of carbonyl (C=O) groups excluding carboxylic acids is 1. The van der Waals surface area contributed by atoms with Gasteiger partial charge in [-0.15, -0.1) is 24.8 Å². The van der Waals surface area contributed by atoms with Crippen LogP contribution in [-0.2, 0) is 6.54 Å². The number of piperidine rings is 1. The maximum absolute atomic E-state index is 13.0. The molecule has 7 nitrogen and oxygen atoms in total. The quantitative estimate of drug-likeness (QED) is 0.479. The van der Waals surface area contributed by atoms with E-state index in [4.69, 9.17) is 0 Å². The fourth-order valence-corrected chi connectivity index (χ4v) is 4.89. The number of anilines is 1. The molecular weight excluding hydrogens is 461 g/mol. The molecule has 4 heterocycles. The first-order valence-electron chi connectivity index (χ1n) is 10.9. The van der Waals surface area contributed by atoms with E-state index in [1.165, 1.54) is 0 Å². The molecule has 3 N–H and O–H groups in total. The molecule has 1 aromatic carbocycles. The van der Waals surface area contributed by atoms with E-state index in [1.807, 2.05) is 47.9 Å². The molecule has 2 atom stereocenters. The number of nitrogens with zero attached hydrogens (tertiary/aromatic N) is 2. The van der Waals surface area contributed by atoms with Crippen LogP contribution in [0.5, 0.6) is 0 Å². The normalized spacial score (nSPS) is 18.5. The molecule has 9 heteroatoms. The number of fused-ring (bicyclic) bond motifs is 5. The summed E-state index contributed by atoms with van der Waals surface area (Å²) in [6.07, 6.45) is 1.12. The molecule has 2 aliphatic rings. The van der Waals surface area contributed by atoms with Crippen molar-refractivity contribution < 1.29 is 4.79 Å². The molecule has 0 spiro atoms. The molecular formula is C24H29Cl2N5O2. The predicted molar refractivity (Wildman–Crippen MR) is 136 cm³/mol. The van der Waals surface area contributed by atoms with E-state index in [1.54, 1.807) is 6.07 Å². The van der Waals surface area contributed by atoms with Crippen molar-refractivity contribution in [2.75, 3.05) is 31.5 Å². The highest BCUT2D eigenvalue weighted by atomic mass is 35.5. The van der Waals surface area contributed by atoms with E-state index in [2.05, 4.69) is 20.9 Å². The van der Waals surface area contributed by atoms with E-state index in [0.29, 0.717) is 31.5 Å². The number of aromatic nitrogens is 2. The molecule has 1 amide bonds. The van der Waals surface area contributed by atoms with Gasteiger partial charge in [0.25, 0.3) is 11.5 Å². The van der Waals surface area contributed by atoms with Crippen LogP contribution in [0.2, 0.25) is 0 Å². The summed E-state index contributed by atoms with van der Waals surface area (Å²) in [5, 5.41) is 10.8. The lowest BCUT2D eigenvalue weighted by Gasteiger charge is -2.37. The topological polar surface area (TPSA) is 88.0 Å². The van der Waals surface area contributed by atoms with Crippen LogP contribution in [0.15, 0.2) is 47.3 Å². The molecule has 2 aliphatic heterocycles. The summed E-state index contributed by atoms with van der Waals surface area (Å²) in [5.41, 5.74) is 3.97. The zero-order valence-corrected chi connectivity index (χ0v) is 20.1. The summed E-state index contributed by atoms with van der Waals surface area (Å²) in [5.74, 6) is 0.511. The average molecular weight is 490 g/mol. The number of benzene rings is 1. The summed E-state index contributed by atoms with van der Waals surface area (Å²) in [4.78, 5) is 30.2. The number of nitrogens with one attached hydrogen (secondary N) is 3. The molecule has 0 saturated carbocycles. The van der Waals surface area contributed by atoms with Gasteiger partial charge in [-0.25, -0.2) is 0 Å². The minimum Gasteiger partial charge on any atom is -0.383 e. The van der Waals surface area contributed by atoms with Crippen LogP contribution in [-0.4, -0.2) is 41.6 Å². The van der Waals surface area contributed by atoms with Gasteiger partial charge in [0.05, 0.1) is 5.52 Å². The highest BCUT2D eigenvalue weighted by Crippen LogP contribution is 2.31. The van der Waals surface area contributed by atoms with E-state index < -0.39 is 0 Å². The summed E-state index contributed by atoms with van der Waals surface area (Å²) in [6, 6.07) is 13.6. The summed E-state index contributed by atoms with van der Waals surface area (Å²) in [6.45, 7) is 5.47. The maximum Gasteiger partial charge on any atom is 0.263 e. The first-order chi connectivity index (χ1) is 15.1. The van der Waals surface area contributed by atoms with Gasteiger partial charge in [-0.1, -0.05) is 18.2 Å². The fourth-order valence-electron chi connectivity index (χ4n) is 4.89. The number of rotatable bonds is 5. The molecule has 33 heavy (non-hydrogen) atoms. The van der Waals surface area contributed by atoms with E-state index >= 15 is 0 Å². The highest BCUT2D eigenvalue weighted by molar-refractivity contribution is 5.94. The largest absolute Gasteiger partial charge is 0.383 e. The maximum atomic E-state index is 13.0. The van der Waals surface area contributed by atoms with Crippen LogP contribution < -0.4 is 21.5 Å². The second-order valence-electron chi connectivity index (χ2n) is 8.56. The number of amides is 1. The Morgan fingerprint density at radius 1 is 1.15 bits per heavy atom. The van der Waals surface area contributed by atoms with Gasteiger partial charge in [0.15, 0.2) is 0 Å². The smallest absolute Gasteiger partial charge is 0.263 e. The van der Waals surface area contributed by atoms with Gasteiger partial charge in [-0.2, -0.15) is 0 Å². The number of hydrogen-bond acceptors (Lipinski definition) is 5. The van der Waals surface area contributed by atoms with Gasteiger partial charge in [0.2, 0.25) is 0 Å². The standard InChI is InChI=1S/C24H27N5O2.2ClH/c1-15-10-21(18-4-2-3-5-20(18)28-15)26-8-9-27-23(30)19-6-7-22-17-11-16(12-25-13-17)14-29(22)24(19)31;;/h2-7,10,16-17,25H,8-9,11-14H2,1H3,(H,26,28)(H,27,30);2*1H/t16-,17+;;/m0../s1. The summed E-state index contributed by atoms with van der Waals surface area (Å²) in [7, 11) is 0. The van der Waals surface area contributed by atoms with Crippen LogP contribution in [0.1, 0.15) is 34.1 Å². The van der Waals surface area contributed by atoms with Gasteiger partial charge in [0, 0.05) is 54.6 Å². The molecule has 176 valence electrons. The Labute approximate surface area is 205 Å². The molecule has 2 bridgehead atoms. The first kappa shape index (κ1) is 25.0. The van der Waals surface area contributed by atoms with Crippen LogP contribution >= 0.6 is 24.8 Å². The highest BCUT2D eigenvalue weighted by Gasteiger charge is 2.31. The van der Waals surface area contributed by atoms with Crippen molar-refractivity contribution in [3.8, 4) is 0 Å². The van der Waals surface area contributed by atoms with Crippen LogP contribution in [0.4, 0.5) is 5.69 Å². The van der Waals surface area contributed by atoms with Gasteiger partial charge in [-0.3, -0.25) is 14.6 Å². The van der Waals surface area contributed by atoms with Gasteiger partial charge >= 0.3 is 0 Å². The van der Waals surface area contributed by atoms with Crippen molar-refractivity contribution >= 4 is 47.3 Å². The number of aryl methyl sites for hydroxylation is 1. The second-order valence-corrected chi connectivity index (χ2v) is 8.56. The SMILES string of the molecule is Cc1cc(NCCNC(=O)c2ccc3n(c2=O)C[C@@H]2CNC[C@H]3C2)c2ccccc2n1.Cl.Cl. The fraction of sp³-hybridized carbons (Fsp3) is 0.375. The van der Waals surface area contributed by atoms with E-state index in [-0.39, 0.29) is 41.8 Å². The Kier molecular flexibility index (Phi) is 8.00. The van der Waals surface area contributed by atoms with Crippen molar-refractivity contribution in [1.82, 2.24) is 20.2 Å². The van der Waals surface area contributed by atoms with E-state index in [0.717, 1.165) is 47.5 Å². The predicted octanol–water partition coefficient (Wildman–Crippen LogP) is 3.10. The third-order valence-electron chi connectivity index (χ3n) is 6.32. The lowest BCUT2D eigenvalue weighted by Crippen LogP contribution is -2.46. The van der Waals surface area contributed by atoms with Crippen LogP contribution in [0.3, 0.4) is 0 Å². The third kappa shape index (κ3) is 5.00. The Morgan fingerprint density at radius 2 is 1.97 bits per heavy atom. The lowest BCUT2D eigenvalue weighted by molar-refractivity contribution is 0.0952. The lowest BCUT2D eigenvalue weighted by atomic mass is 9.84. The number of para-hydroxylation sites is 1. The third-order valence-corrected chi connectivity index (χ3v) is 6.32.